The molecule has 1 fully saturated rings. The van der Waals surface area contributed by atoms with Crippen molar-refractivity contribution in [3.8, 4) is 5.88 Å². The molecule has 1 atom stereocenters. The fraction of sp³-hybridized carbons (Fsp3) is 0.350. The van der Waals surface area contributed by atoms with Gasteiger partial charge in [-0.3, -0.25) is 4.79 Å². The molecule has 7 nitrogen and oxygen atoms in total. The van der Waals surface area contributed by atoms with Crippen molar-refractivity contribution >= 4 is 35.1 Å². The van der Waals surface area contributed by atoms with Gasteiger partial charge in [-0.2, -0.15) is 0 Å². The number of hydrogen-bond donors (Lipinski definition) is 1. The quantitative estimate of drug-likeness (QED) is 0.693. The van der Waals surface area contributed by atoms with Gasteiger partial charge in [-0.05, 0) is 23.8 Å². The maximum absolute atomic E-state index is 12.7. The van der Waals surface area contributed by atoms with Crippen molar-refractivity contribution in [1.29, 1.82) is 0 Å². The van der Waals surface area contributed by atoms with E-state index in [0.717, 1.165) is 12.8 Å². The summed E-state index contributed by atoms with van der Waals surface area (Å²) in [5.74, 6) is -0.876. The lowest BCUT2D eigenvalue weighted by molar-refractivity contribution is -0.143. The summed E-state index contributed by atoms with van der Waals surface area (Å²) in [4.78, 5) is 29.0. The summed E-state index contributed by atoms with van der Waals surface area (Å²) in [6.07, 6.45) is 2.83. The molecule has 1 aliphatic rings. The van der Waals surface area contributed by atoms with Gasteiger partial charge < -0.3 is 19.5 Å². The highest BCUT2D eigenvalue weighted by atomic mass is 35.5. The minimum atomic E-state index is -0.998. The van der Waals surface area contributed by atoms with E-state index >= 15 is 0 Å². The van der Waals surface area contributed by atoms with Gasteiger partial charge in [0, 0.05) is 24.1 Å². The number of methoxy groups -OCH3 is 1. The van der Waals surface area contributed by atoms with E-state index in [2.05, 4.69) is 10.3 Å². The molecule has 1 N–H and O–H groups in total. The molecule has 1 unspecified atom stereocenters. The van der Waals surface area contributed by atoms with Crippen LogP contribution in [0.15, 0.2) is 36.5 Å². The van der Waals surface area contributed by atoms with Crippen molar-refractivity contribution in [3.63, 3.8) is 0 Å². The van der Waals surface area contributed by atoms with Crippen molar-refractivity contribution in [1.82, 2.24) is 10.3 Å². The summed E-state index contributed by atoms with van der Waals surface area (Å²) in [6, 6.07) is 6.98. The molecule has 0 saturated carbocycles. The summed E-state index contributed by atoms with van der Waals surface area (Å²) in [5.41, 5.74) is 0.727. The SMILES string of the molecule is COC(=O)C(NC(=O)c1cnc(OC2CCOCC2)c(Cl)c1)c1ccc(Cl)cc1. The maximum Gasteiger partial charge on any atom is 0.333 e. The van der Waals surface area contributed by atoms with Gasteiger partial charge in [0.05, 0.1) is 25.9 Å². The van der Waals surface area contributed by atoms with Crippen LogP contribution in [0.2, 0.25) is 10.0 Å². The van der Waals surface area contributed by atoms with E-state index in [4.69, 9.17) is 37.4 Å². The lowest BCUT2D eigenvalue weighted by Gasteiger charge is -2.23. The monoisotopic (exact) mass is 438 g/mol. The predicted molar refractivity (Wildman–Crippen MR) is 107 cm³/mol. The van der Waals surface area contributed by atoms with Gasteiger partial charge in [0.2, 0.25) is 5.88 Å². The third kappa shape index (κ3) is 5.59. The highest BCUT2D eigenvalue weighted by molar-refractivity contribution is 6.32. The van der Waals surface area contributed by atoms with Gasteiger partial charge >= 0.3 is 5.97 Å². The molecule has 1 aromatic heterocycles. The average molecular weight is 439 g/mol. The third-order valence-electron chi connectivity index (χ3n) is 4.43. The second kappa shape index (κ2) is 9.91. The van der Waals surface area contributed by atoms with Crippen molar-refractivity contribution in [2.45, 2.75) is 25.0 Å². The fourth-order valence-corrected chi connectivity index (χ4v) is 3.19. The van der Waals surface area contributed by atoms with Gasteiger partial charge in [0.15, 0.2) is 6.04 Å². The van der Waals surface area contributed by atoms with Gasteiger partial charge in [0.25, 0.3) is 5.91 Å². The highest BCUT2D eigenvalue weighted by Crippen LogP contribution is 2.26. The molecule has 0 spiro atoms. The molecule has 2 aromatic rings. The number of benzene rings is 1. The van der Waals surface area contributed by atoms with Crippen LogP contribution < -0.4 is 10.1 Å². The lowest BCUT2D eigenvalue weighted by Crippen LogP contribution is -2.34. The Kier molecular flexibility index (Phi) is 7.30. The lowest BCUT2D eigenvalue weighted by atomic mass is 10.1. The Morgan fingerprint density at radius 2 is 1.90 bits per heavy atom. The first kappa shape index (κ1) is 21.4. The number of carbonyl (C=O) groups is 2. The molecular formula is C20H20Cl2N2O5. The van der Waals surface area contributed by atoms with Crippen LogP contribution in [0, 0.1) is 0 Å². The number of nitrogens with zero attached hydrogens (tertiary/aromatic N) is 1. The van der Waals surface area contributed by atoms with Crippen LogP contribution in [0.3, 0.4) is 0 Å². The molecule has 0 aliphatic carbocycles. The zero-order valence-electron chi connectivity index (χ0n) is 15.7. The zero-order chi connectivity index (χ0) is 20.8. The molecule has 0 radical (unpaired) electrons. The van der Waals surface area contributed by atoms with Crippen LogP contribution >= 0.6 is 23.2 Å². The number of hydrogen-bond acceptors (Lipinski definition) is 6. The number of aromatic nitrogens is 1. The number of amides is 1. The van der Waals surface area contributed by atoms with Gasteiger partial charge in [-0.1, -0.05) is 35.3 Å². The standard InChI is InChI=1S/C20H20Cl2N2O5/c1-27-20(26)17(12-2-4-14(21)5-3-12)24-18(25)13-10-16(22)19(23-11-13)29-15-6-8-28-9-7-15/h2-5,10-11,15,17H,6-9H2,1H3,(H,24,25). The van der Waals surface area contributed by atoms with Gasteiger partial charge in [-0.15, -0.1) is 0 Å². The molecule has 2 heterocycles. The minimum Gasteiger partial charge on any atom is -0.473 e. The fourth-order valence-electron chi connectivity index (χ4n) is 2.85. The van der Waals surface area contributed by atoms with E-state index in [1.54, 1.807) is 24.3 Å². The first-order chi connectivity index (χ1) is 14.0. The summed E-state index contributed by atoms with van der Waals surface area (Å²) < 4.78 is 15.9. The largest absolute Gasteiger partial charge is 0.473 e. The number of pyridine rings is 1. The second-order valence-electron chi connectivity index (χ2n) is 6.42. The van der Waals surface area contributed by atoms with Crippen LogP contribution in [0.5, 0.6) is 5.88 Å². The molecule has 1 saturated heterocycles. The van der Waals surface area contributed by atoms with Crippen molar-refractivity contribution < 1.29 is 23.8 Å². The number of halogens is 2. The maximum atomic E-state index is 12.7. The summed E-state index contributed by atoms with van der Waals surface area (Å²) >= 11 is 12.1. The Labute approximate surface area is 178 Å². The van der Waals surface area contributed by atoms with Crippen LogP contribution in [-0.4, -0.2) is 43.3 Å². The Morgan fingerprint density at radius 1 is 1.21 bits per heavy atom. The van der Waals surface area contributed by atoms with E-state index in [1.807, 2.05) is 0 Å². The van der Waals surface area contributed by atoms with E-state index in [1.165, 1.54) is 19.4 Å². The van der Waals surface area contributed by atoms with Gasteiger partial charge in [0.1, 0.15) is 11.1 Å². The second-order valence-corrected chi connectivity index (χ2v) is 7.27. The van der Waals surface area contributed by atoms with Crippen LogP contribution in [0.25, 0.3) is 0 Å². The predicted octanol–water partition coefficient (Wildman–Crippen LogP) is 3.59. The van der Waals surface area contributed by atoms with Gasteiger partial charge in [-0.25, -0.2) is 9.78 Å². The average Bonchev–Trinajstić information content (AvgIpc) is 2.74. The molecular weight excluding hydrogens is 419 g/mol. The van der Waals surface area contributed by atoms with E-state index in [0.29, 0.717) is 23.8 Å². The van der Waals surface area contributed by atoms with E-state index in [9.17, 15) is 9.59 Å². The molecule has 1 aromatic carbocycles. The van der Waals surface area contributed by atoms with Crippen LogP contribution in [0.4, 0.5) is 0 Å². The zero-order valence-corrected chi connectivity index (χ0v) is 17.2. The summed E-state index contributed by atoms with van der Waals surface area (Å²) in [5, 5.41) is 3.36. The molecule has 0 bridgehead atoms. The molecule has 1 amide bonds. The number of rotatable bonds is 6. The molecule has 9 heteroatoms. The van der Waals surface area contributed by atoms with Crippen molar-refractivity contribution in [3.05, 3.63) is 57.7 Å². The molecule has 29 heavy (non-hydrogen) atoms. The smallest absolute Gasteiger partial charge is 0.333 e. The minimum absolute atomic E-state index is 0.0259. The summed E-state index contributed by atoms with van der Waals surface area (Å²) in [6.45, 7) is 1.25. The first-order valence-electron chi connectivity index (χ1n) is 9.02. The van der Waals surface area contributed by atoms with Crippen LogP contribution in [0.1, 0.15) is 34.8 Å². The molecule has 1 aliphatic heterocycles. The molecule has 154 valence electrons. The number of nitrogens with one attached hydrogen (secondary N) is 1. The van der Waals surface area contributed by atoms with E-state index in [-0.39, 0.29) is 22.6 Å². The highest BCUT2D eigenvalue weighted by Gasteiger charge is 2.25. The van der Waals surface area contributed by atoms with Crippen molar-refractivity contribution in [2.75, 3.05) is 20.3 Å². The Bertz CT molecular complexity index is 870. The van der Waals surface area contributed by atoms with Crippen LogP contribution in [-0.2, 0) is 14.3 Å². The molecule has 3 rings (SSSR count). The first-order valence-corrected chi connectivity index (χ1v) is 9.77. The summed E-state index contributed by atoms with van der Waals surface area (Å²) in [7, 11) is 1.25. The Hall–Kier alpha value is -2.35. The van der Waals surface area contributed by atoms with E-state index < -0.39 is 17.9 Å². The third-order valence-corrected chi connectivity index (χ3v) is 4.95. The number of carbonyl (C=O) groups excluding carboxylic acids is 2. The Balaban J connectivity index is 1.73. The number of ether oxygens (including phenoxy) is 3. The Morgan fingerprint density at radius 3 is 2.52 bits per heavy atom. The normalized spacial score (nSPS) is 15.4. The number of esters is 1. The topological polar surface area (TPSA) is 86.8 Å². The van der Waals surface area contributed by atoms with Crippen molar-refractivity contribution in [2.24, 2.45) is 0 Å².